The number of likely N-dealkylation sites (tertiary alicyclic amines) is 2. The first-order valence-electron chi connectivity index (χ1n) is 12.6. The average molecular weight is 442 g/mol. The van der Waals surface area contributed by atoms with E-state index >= 15 is 0 Å². The van der Waals surface area contributed by atoms with Crippen molar-refractivity contribution in [2.75, 3.05) is 65.4 Å². The highest BCUT2D eigenvalue weighted by Gasteiger charge is 2.32. The van der Waals surface area contributed by atoms with E-state index in [2.05, 4.69) is 60.3 Å². The summed E-state index contributed by atoms with van der Waals surface area (Å²) < 4.78 is 11.3. The SMILES string of the molecule is COC(C)/C(CNc1cccc(C2CCN(C3CN(C)C3)CC2)c1)=C(/C)C1CCOCC1. The third kappa shape index (κ3) is 5.74. The Morgan fingerprint density at radius 2 is 1.88 bits per heavy atom. The van der Waals surface area contributed by atoms with Gasteiger partial charge in [-0.15, -0.1) is 0 Å². The summed E-state index contributed by atoms with van der Waals surface area (Å²) in [7, 11) is 4.04. The summed E-state index contributed by atoms with van der Waals surface area (Å²) in [6, 6.07) is 9.93. The topological polar surface area (TPSA) is 37.0 Å². The number of allylic oxidation sites excluding steroid dienone is 1. The fourth-order valence-corrected chi connectivity index (χ4v) is 5.73. The summed E-state index contributed by atoms with van der Waals surface area (Å²) >= 11 is 0. The van der Waals surface area contributed by atoms with Crippen LogP contribution in [-0.2, 0) is 9.47 Å². The van der Waals surface area contributed by atoms with Crippen molar-refractivity contribution in [3.05, 3.63) is 41.0 Å². The van der Waals surface area contributed by atoms with Crippen LogP contribution >= 0.6 is 0 Å². The Morgan fingerprint density at radius 3 is 2.53 bits per heavy atom. The van der Waals surface area contributed by atoms with Crippen molar-refractivity contribution >= 4 is 5.69 Å². The second-order valence-electron chi connectivity index (χ2n) is 10.1. The Kier molecular flexibility index (Phi) is 8.27. The molecule has 0 saturated carbocycles. The Labute approximate surface area is 195 Å². The molecule has 0 spiro atoms. The number of likely N-dealkylation sites (N-methyl/N-ethyl adjacent to an activating group) is 1. The van der Waals surface area contributed by atoms with Gasteiger partial charge in [0.2, 0.25) is 0 Å². The molecule has 0 amide bonds. The van der Waals surface area contributed by atoms with E-state index in [1.54, 1.807) is 0 Å². The van der Waals surface area contributed by atoms with Crippen LogP contribution in [0, 0.1) is 5.92 Å². The maximum Gasteiger partial charge on any atom is 0.0772 e. The van der Waals surface area contributed by atoms with Crippen LogP contribution in [0.25, 0.3) is 0 Å². The summed E-state index contributed by atoms with van der Waals surface area (Å²) in [6.45, 7) is 12.0. The Hall–Kier alpha value is -1.40. The van der Waals surface area contributed by atoms with Crippen molar-refractivity contribution in [3.63, 3.8) is 0 Å². The third-order valence-corrected chi connectivity index (χ3v) is 8.12. The molecule has 5 heteroatoms. The zero-order valence-electron chi connectivity index (χ0n) is 20.6. The predicted octanol–water partition coefficient (Wildman–Crippen LogP) is 4.37. The number of hydrogen-bond donors (Lipinski definition) is 1. The highest BCUT2D eigenvalue weighted by atomic mass is 16.5. The van der Waals surface area contributed by atoms with Gasteiger partial charge in [-0.2, -0.15) is 0 Å². The predicted molar refractivity (Wildman–Crippen MR) is 132 cm³/mol. The minimum absolute atomic E-state index is 0.128. The van der Waals surface area contributed by atoms with Crippen LogP contribution in [0.3, 0.4) is 0 Å². The fourth-order valence-electron chi connectivity index (χ4n) is 5.73. The first-order valence-corrected chi connectivity index (χ1v) is 12.6. The van der Waals surface area contributed by atoms with Gasteiger partial charge in [0.05, 0.1) is 6.10 Å². The Morgan fingerprint density at radius 1 is 1.16 bits per heavy atom. The molecule has 0 bridgehead atoms. The lowest BCUT2D eigenvalue weighted by Gasteiger charge is -2.46. The lowest BCUT2D eigenvalue weighted by molar-refractivity contribution is 0.0363. The number of hydrogen-bond acceptors (Lipinski definition) is 5. The summed E-state index contributed by atoms with van der Waals surface area (Å²) in [5.41, 5.74) is 5.60. The van der Waals surface area contributed by atoms with Crippen molar-refractivity contribution in [3.8, 4) is 0 Å². The molecule has 5 nitrogen and oxygen atoms in total. The van der Waals surface area contributed by atoms with Crippen molar-refractivity contribution in [2.45, 2.75) is 57.6 Å². The molecular weight excluding hydrogens is 398 g/mol. The molecule has 1 aromatic rings. The molecule has 4 rings (SSSR count). The number of nitrogens with one attached hydrogen (secondary N) is 1. The van der Waals surface area contributed by atoms with E-state index in [9.17, 15) is 0 Å². The molecule has 0 aromatic heterocycles. The lowest BCUT2D eigenvalue weighted by Crippen LogP contribution is -2.59. The summed E-state index contributed by atoms with van der Waals surface area (Å²) in [5, 5.41) is 3.72. The standard InChI is InChI=1S/C27H43N3O2/c1-20(22-10-14-32-15-11-22)27(21(2)31-4)17-28-25-7-5-6-24(16-25)23-8-12-30(13-9-23)26-18-29(3)19-26/h5-7,16,21-23,26,28H,8-15,17-19H2,1-4H3/b27-20-. The van der Waals surface area contributed by atoms with E-state index in [1.165, 1.54) is 61.4 Å². The fraction of sp³-hybridized carbons (Fsp3) is 0.704. The molecule has 3 aliphatic heterocycles. The lowest BCUT2D eigenvalue weighted by atomic mass is 9.87. The number of ether oxygens (including phenoxy) is 2. The van der Waals surface area contributed by atoms with Gasteiger partial charge in [-0.1, -0.05) is 17.7 Å². The van der Waals surface area contributed by atoms with Gasteiger partial charge in [0.15, 0.2) is 0 Å². The minimum atomic E-state index is 0.128. The molecule has 1 atom stereocenters. The van der Waals surface area contributed by atoms with Gasteiger partial charge in [0.25, 0.3) is 0 Å². The highest BCUT2D eigenvalue weighted by Crippen LogP contribution is 2.32. The minimum Gasteiger partial charge on any atom is -0.381 e. The van der Waals surface area contributed by atoms with Crippen LogP contribution < -0.4 is 5.32 Å². The summed E-state index contributed by atoms with van der Waals surface area (Å²) in [6.07, 6.45) is 4.92. The van der Waals surface area contributed by atoms with Crippen molar-refractivity contribution in [1.82, 2.24) is 9.80 Å². The number of nitrogens with zero attached hydrogens (tertiary/aromatic N) is 2. The molecular formula is C27H43N3O2. The van der Waals surface area contributed by atoms with E-state index in [0.717, 1.165) is 38.6 Å². The van der Waals surface area contributed by atoms with Crippen LogP contribution in [0.15, 0.2) is 35.4 Å². The zero-order chi connectivity index (χ0) is 22.5. The summed E-state index contributed by atoms with van der Waals surface area (Å²) in [5.74, 6) is 1.30. The van der Waals surface area contributed by atoms with Crippen LogP contribution in [-0.4, -0.2) is 82.0 Å². The molecule has 1 aromatic carbocycles. The first kappa shape index (κ1) is 23.7. The molecule has 32 heavy (non-hydrogen) atoms. The van der Waals surface area contributed by atoms with Gasteiger partial charge in [-0.05, 0) is 94.8 Å². The third-order valence-electron chi connectivity index (χ3n) is 8.12. The number of rotatable bonds is 8. The number of anilines is 1. The molecule has 3 aliphatic rings. The number of benzene rings is 1. The van der Waals surface area contributed by atoms with E-state index in [1.807, 2.05) is 7.11 Å². The molecule has 0 radical (unpaired) electrons. The maximum atomic E-state index is 5.74. The number of piperidine rings is 1. The smallest absolute Gasteiger partial charge is 0.0772 e. The average Bonchev–Trinajstić information content (AvgIpc) is 2.82. The van der Waals surface area contributed by atoms with E-state index in [0.29, 0.717) is 11.8 Å². The molecule has 3 heterocycles. The van der Waals surface area contributed by atoms with Gasteiger partial charge in [0.1, 0.15) is 0 Å². The molecule has 1 unspecified atom stereocenters. The Balaban J connectivity index is 1.36. The van der Waals surface area contributed by atoms with Crippen molar-refractivity contribution in [2.24, 2.45) is 5.92 Å². The van der Waals surface area contributed by atoms with Gasteiger partial charge in [-0.3, -0.25) is 4.90 Å². The molecule has 0 aliphatic carbocycles. The number of methoxy groups -OCH3 is 1. The van der Waals surface area contributed by atoms with Gasteiger partial charge < -0.3 is 19.7 Å². The maximum absolute atomic E-state index is 5.74. The normalized spacial score (nSPS) is 24.1. The zero-order valence-corrected chi connectivity index (χ0v) is 20.6. The van der Waals surface area contributed by atoms with Crippen molar-refractivity contribution in [1.29, 1.82) is 0 Å². The van der Waals surface area contributed by atoms with Crippen LogP contribution in [0.4, 0.5) is 5.69 Å². The second-order valence-corrected chi connectivity index (χ2v) is 10.1. The quantitative estimate of drug-likeness (QED) is 0.607. The van der Waals surface area contributed by atoms with Crippen molar-refractivity contribution < 1.29 is 9.47 Å². The molecule has 178 valence electrons. The largest absolute Gasteiger partial charge is 0.381 e. The molecule has 3 fully saturated rings. The van der Waals surface area contributed by atoms with Crippen LogP contribution in [0.5, 0.6) is 0 Å². The van der Waals surface area contributed by atoms with Crippen LogP contribution in [0.1, 0.15) is 51.0 Å². The van der Waals surface area contributed by atoms with Gasteiger partial charge in [0, 0.05) is 51.7 Å². The first-order chi connectivity index (χ1) is 15.5. The molecule has 1 N–H and O–H groups in total. The van der Waals surface area contributed by atoms with Gasteiger partial charge in [-0.25, -0.2) is 0 Å². The van der Waals surface area contributed by atoms with E-state index in [4.69, 9.17) is 9.47 Å². The van der Waals surface area contributed by atoms with Crippen LogP contribution in [0.2, 0.25) is 0 Å². The molecule has 3 saturated heterocycles. The van der Waals surface area contributed by atoms with E-state index < -0.39 is 0 Å². The van der Waals surface area contributed by atoms with E-state index in [-0.39, 0.29) is 6.10 Å². The summed E-state index contributed by atoms with van der Waals surface area (Å²) in [4.78, 5) is 5.13. The highest BCUT2D eigenvalue weighted by molar-refractivity contribution is 5.48. The second kappa shape index (κ2) is 11.1. The Bertz CT molecular complexity index is 760. The van der Waals surface area contributed by atoms with Gasteiger partial charge >= 0.3 is 0 Å². The monoisotopic (exact) mass is 441 g/mol.